The number of nitrogens with one attached hydrogen (secondary N) is 1. The maximum atomic E-state index is 13.0. The molecule has 0 saturated carbocycles. The highest BCUT2D eigenvalue weighted by atomic mass is 32.1. The van der Waals surface area contributed by atoms with Crippen LogP contribution < -0.4 is 5.32 Å². The Kier molecular flexibility index (Phi) is 5.60. The third-order valence-corrected chi connectivity index (χ3v) is 5.17. The number of nitrogens with zero attached hydrogens (tertiary/aromatic N) is 2. The van der Waals surface area contributed by atoms with Crippen molar-refractivity contribution in [2.75, 3.05) is 39.8 Å². The molecule has 0 bridgehead atoms. The number of amides is 1. The summed E-state index contributed by atoms with van der Waals surface area (Å²) in [5.74, 6) is -0.496. The van der Waals surface area contributed by atoms with Crippen molar-refractivity contribution in [3.63, 3.8) is 0 Å². The number of carbonyl (C=O) groups is 1. The minimum atomic E-state index is -0.333. The summed E-state index contributed by atoms with van der Waals surface area (Å²) in [6, 6.07) is 7.95. The fraction of sp³-hybridized carbons (Fsp3) is 0.389. The van der Waals surface area contributed by atoms with Crippen molar-refractivity contribution in [3.05, 3.63) is 58.0 Å². The minimum Gasteiger partial charge on any atom is -0.350 e. The van der Waals surface area contributed by atoms with Gasteiger partial charge in [-0.3, -0.25) is 9.69 Å². The average Bonchev–Trinajstić information content (AvgIpc) is 3.11. The Labute approximate surface area is 145 Å². The molecular formula is C18H22FN3OS. The van der Waals surface area contributed by atoms with Crippen LogP contribution in [0.1, 0.15) is 22.0 Å². The first-order chi connectivity index (χ1) is 11.6. The van der Waals surface area contributed by atoms with Crippen molar-refractivity contribution in [1.82, 2.24) is 15.1 Å². The molecule has 1 aromatic carbocycles. The van der Waals surface area contributed by atoms with Crippen molar-refractivity contribution in [2.24, 2.45) is 0 Å². The van der Waals surface area contributed by atoms with Crippen molar-refractivity contribution < 1.29 is 9.18 Å². The van der Waals surface area contributed by atoms with Crippen molar-refractivity contribution >= 4 is 17.2 Å². The van der Waals surface area contributed by atoms with Gasteiger partial charge in [-0.2, -0.15) is 11.3 Å². The fourth-order valence-electron chi connectivity index (χ4n) is 2.95. The van der Waals surface area contributed by atoms with E-state index in [-0.39, 0.29) is 17.8 Å². The van der Waals surface area contributed by atoms with Crippen molar-refractivity contribution in [2.45, 2.75) is 6.04 Å². The molecule has 1 atom stereocenters. The SMILES string of the molecule is CN1CCN([C@H](CNC(=O)c2ccc(F)cc2)c2ccsc2)CC1. The van der Waals surface area contributed by atoms with Gasteiger partial charge in [0.2, 0.25) is 0 Å². The van der Waals surface area contributed by atoms with Crippen LogP contribution in [0, 0.1) is 5.82 Å². The number of hydrogen-bond donors (Lipinski definition) is 1. The van der Waals surface area contributed by atoms with E-state index in [0.29, 0.717) is 12.1 Å². The van der Waals surface area contributed by atoms with Gasteiger partial charge < -0.3 is 10.2 Å². The third-order valence-electron chi connectivity index (χ3n) is 4.47. The van der Waals surface area contributed by atoms with E-state index in [1.165, 1.54) is 29.8 Å². The predicted molar refractivity (Wildman–Crippen MR) is 94.9 cm³/mol. The van der Waals surface area contributed by atoms with E-state index < -0.39 is 0 Å². The molecule has 1 fully saturated rings. The second-order valence-electron chi connectivity index (χ2n) is 6.13. The second-order valence-corrected chi connectivity index (χ2v) is 6.91. The normalized spacial score (nSPS) is 17.6. The topological polar surface area (TPSA) is 35.6 Å². The van der Waals surface area contributed by atoms with Gasteiger partial charge in [-0.05, 0) is 53.7 Å². The molecule has 0 aliphatic carbocycles. The molecule has 128 valence electrons. The van der Waals surface area contributed by atoms with E-state index in [1.54, 1.807) is 11.3 Å². The van der Waals surface area contributed by atoms with E-state index in [2.05, 4.69) is 39.0 Å². The molecule has 1 aliphatic heterocycles. The lowest BCUT2D eigenvalue weighted by Crippen LogP contribution is -2.48. The summed E-state index contributed by atoms with van der Waals surface area (Å²) in [5.41, 5.74) is 1.72. The molecule has 0 radical (unpaired) electrons. The monoisotopic (exact) mass is 347 g/mol. The van der Waals surface area contributed by atoms with E-state index in [9.17, 15) is 9.18 Å². The summed E-state index contributed by atoms with van der Waals surface area (Å²) in [6.07, 6.45) is 0. The molecule has 1 aliphatic rings. The van der Waals surface area contributed by atoms with E-state index in [0.717, 1.165) is 26.2 Å². The van der Waals surface area contributed by atoms with Gasteiger partial charge in [0.05, 0.1) is 6.04 Å². The molecule has 3 rings (SSSR count). The molecule has 1 saturated heterocycles. The Morgan fingerprint density at radius 1 is 1.21 bits per heavy atom. The van der Waals surface area contributed by atoms with Crippen LogP contribution in [0.25, 0.3) is 0 Å². The average molecular weight is 347 g/mol. The Morgan fingerprint density at radius 2 is 1.92 bits per heavy atom. The Morgan fingerprint density at radius 3 is 2.54 bits per heavy atom. The van der Waals surface area contributed by atoms with Crippen LogP contribution in [0.15, 0.2) is 41.1 Å². The minimum absolute atomic E-state index is 0.163. The van der Waals surface area contributed by atoms with Gasteiger partial charge in [0.1, 0.15) is 5.82 Å². The van der Waals surface area contributed by atoms with Gasteiger partial charge in [-0.25, -0.2) is 4.39 Å². The summed E-state index contributed by atoms with van der Waals surface area (Å²) in [5, 5.41) is 7.22. The lowest BCUT2D eigenvalue weighted by atomic mass is 10.1. The Balaban J connectivity index is 1.66. The van der Waals surface area contributed by atoms with Gasteiger partial charge in [-0.1, -0.05) is 0 Å². The number of piperazine rings is 1. The standard InChI is InChI=1S/C18H22FN3OS/c1-21-7-9-22(10-8-21)17(15-6-11-24-13-15)12-20-18(23)14-2-4-16(19)5-3-14/h2-6,11,13,17H,7-10,12H2,1H3,(H,20,23)/t17-/m1/s1. The zero-order valence-corrected chi connectivity index (χ0v) is 14.6. The highest BCUT2D eigenvalue weighted by molar-refractivity contribution is 7.07. The largest absolute Gasteiger partial charge is 0.350 e. The summed E-state index contributed by atoms with van der Waals surface area (Å²) in [6.45, 7) is 4.60. The molecule has 4 nitrogen and oxygen atoms in total. The molecule has 0 spiro atoms. The first-order valence-corrected chi connectivity index (χ1v) is 9.06. The lowest BCUT2D eigenvalue weighted by Gasteiger charge is -2.38. The van der Waals surface area contributed by atoms with Gasteiger partial charge in [0.25, 0.3) is 5.91 Å². The molecule has 2 aromatic rings. The number of benzene rings is 1. The Bertz CT molecular complexity index is 651. The highest BCUT2D eigenvalue weighted by Crippen LogP contribution is 2.23. The van der Waals surface area contributed by atoms with E-state index in [1.807, 2.05) is 0 Å². The number of thiophene rings is 1. The zero-order valence-electron chi connectivity index (χ0n) is 13.7. The van der Waals surface area contributed by atoms with Crippen LogP contribution in [-0.4, -0.2) is 55.5 Å². The molecule has 1 aromatic heterocycles. The number of hydrogen-bond acceptors (Lipinski definition) is 4. The summed E-state index contributed by atoms with van der Waals surface area (Å²) in [7, 11) is 2.13. The van der Waals surface area contributed by atoms with Gasteiger partial charge >= 0.3 is 0 Å². The molecular weight excluding hydrogens is 325 g/mol. The second kappa shape index (κ2) is 7.88. The smallest absolute Gasteiger partial charge is 0.251 e. The molecule has 2 heterocycles. The first-order valence-electron chi connectivity index (χ1n) is 8.12. The molecule has 1 amide bonds. The van der Waals surface area contributed by atoms with Crippen LogP contribution in [0.3, 0.4) is 0 Å². The van der Waals surface area contributed by atoms with E-state index in [4.69, 9.17) is 0 Å². The summed E-state index contributed by atoms with van der Waals surface area (Å²) < 4.78 is 13.0. The number of likely N-dealkylation sites (N-methyl/N-ethyl adjacent to an activating group) is 1. The van der Waals surface area contributed by atoms with E-state index >= 15 is 0 Å². The van der Waals surface area contributed by atoms with Crippen LogP contribution in [0.4, 0.5) is 4.39 Å². The Hall–Kier alpha value is -1.76. The molecule has 1 N–H and O–H groups in total. The molecule has 6 heteroatoms. The first kappa shape index (κ1) is 17.1. The van der Waals surface area contributed by atoms with Crippen LogP contribution in [-0.2, 0) is 0 Å². The zero-order chi connectivity index (χ0) is 16.9. The maximum absolute atomic E-state index is 13.0. The third kappa shape index (κ3) is 4.20. The summed E-state index contributed by atoms with van der Waals surface area (Å²) in [4.78, 5) is 17.0. The number of rotatable bonds is 5. The quantitative estimate of drug-likeness (QED) is 0.903. The highest BCUT2D eigenvalue weighted by Gasteiger charge is 2.24. The predicted octanol–water partition coefficient (Wildman–Crippen LogP) is 2.61. The molecule has 0 unspecified atom stereocenters. The van der Waals surface area contributed by atoms with Crippen LogP contribution >= 0.6 is 11.3 Å². The van der Waals surface area contributed by atoms with Crippen LogP contribution in [0.2, 0.25) is 0 Å². The maximum Gasteiger partial charge on any atom is 0.251 e. The van der Waals surface area contributed by atoms with Gasteiger partial charge in [0, 0.05) is 38.3 Å². The number of carbonyl (C=O) groups excluding carboxylic acids is 1. The van der Waals surface area contributed by atoms with Crippen LogP contribution in [0.5, 0.6) is 0 Å². The van der Waals surface area contributed by atoms with Gasteiger partial charge in [0.15, 0.2) is 0 Å². The van der Waals surface area contributed by atoms with Gasteiger partial charge in [-0.15, -0.1) is 0 Å². The molecule has 24 heavy (non-hydrogen) atoms. The number of halogens is 1. The van der Waals surface area contributed by atoms with Crippen molar-refractivity contribution in [1.29, 1.82) is 0 Å². The summed E-state index contributed by atoms with van der Waals surface area (Å²) >= 11 is 1.67. The lowest BCUT2D eigenvalue weighted by molar-refractivity contribution is 0.0886. The fourth-order valence-corrected chi connectivity index (χ4v) is 3.66. The van der Waals surface area contributed by atoms with Crippen molar-refractivity contribution in [3.8, 4) is 0 Å².